The summed E-state index contributed by atoms with van der Waals surface area (Å²) in [5.41, 5.74) is 1.06. The first-order chi connectivity index (χ1) is 6.31. The predicted octanol–water partition coefficient (Wildman–Crippen LogP) is 2.07. The first-order valence-electron chi connectivity index (χ1n) is 4.50. The summed E-state index contributed by atoms with van der Waals surface area (Å²) < 4.78 is 2.09. The number of nitrogens with zero attached hydrogens (tertiary/aromatic N) is 2. The maximum absolute atomic E-state index is 4.43. The van der Waals surface area contributed by atoms with Gasteiger partial charge in [-0.2, -0.15) is 0 Å². The van der Waals surface area contributed by atoms with Gasteiger partial charge in [0, 0.05) is 18.8 Å². The summed E-state index contributed by atoms with van der Waals surface area (Å²) in [5, 5.41) is 0. The van der Waals surface area contributed by atoms with Crippen LogP contribution in [0.3, 0.4) is 0 Å². The molecular formula is C10H13N3. The number of nitrogens with one attached hydrogen (secondary N) is 1. The molecule has 0 aliphatic heterocycles. The van der Waals surface area contributed by atoms with Crippen molar-refractivity contribution in [2.45, 2.75) is 20.3 Å². The number of hydrogen-bond acceptors (Lipinski definition) is 1. The van der Waals surface area contributed by atoms with E-state index in [4.69, 9.17) is 0 Å². The fourth-order valence-electron chi connectivity index (χ4n) is 1.48. The summed E-state index contributed by atoms with van der Waals surface area (Å²) in [5.74, 6) is 2.18. The lowest BCUT2D eigenvalue weighted by molar-refractivity contribution is 0.873. The lowest BCUT2D eigenvalue weighted by Crippen LogP contribution is -1.98. The Kier molecular flexibility index (Phi) is 1.93. The van der Waals surface area contributed by atoms with Crippen molar-refractivity contribution in [3.05, 3.63) is 36.0 Å². The Morgan fingerprint density at radius 3 is 3.00 bits per heavy atom. The Bertz CT molecular complexity index is 384. The average Bonchev–Trinajstić information content (AvgIpc) is 2.71. The monoisotopic (exact) mass is 175 g/mol. The quantitative estimate of drug-likeness (QED) is 0.744. The summed E-state index contributed by atoms with van der Waals surface area (Å²) >= 11 is 0. The summed E-state index contributed by atoms with van der Waals surface area (Å²) in [6.07, 6.45) is 4.92. The molecule has 3 heteroatoms. The van der Waals surface area contributed by atoms with Gasteiger partial charge in [-0.05, 0) is 19.1 Å². The van der Waals surface area contributed by atoms with Gasteiger partial charge in [0.2, 0.25) is 0 Å². The van der Waals surface area contributed by atoms with Crippen molar-refractivity contribution in [3.8, 4) is 5.82 Å². The van der Waals surface area contributed by atoms with E-state index >= 15 is 0 Å². The number of aromatic amines is 1. The van der Waals surface area contributed by atoms with Crippen molar-refractivity contribution in [2.24, 2.45) is 0 Å². The topological polar surface area (TPSA) is 33.6 Å². The summed E-state index contributed by atoms with van der Waals surface area (Å²) in [6, 6.07) is 4.03. The van der Waals surface area contributed by atoms with E-state index in [1.807, 2.05) is 31.5 Å². The first-order valence-corrected chi connectivity index (χ1v) is 4.50. The molecule has 0 saturated carbocycles. The molecule has 68 valence electrons. The van der Waals surface area contributed by atoms with Gasteiger partial charge in [-0.25, -0.2) is 4.98 Å². The molecule has 0 bridgehead atoms. The minimum atomic E-state index is 0.951. The maximum atomic E-state index is 4.43. The standard InChI is InChI=1S/C10H13N3/c1-3-9-12-8(2)7-13(9)10-5-4-6-11-10/h4-7,11H,3H2,1-2H3. The number of rotatable bonds is 2. The Morgan fingerprint density at radius 1 is 1.54 bits per heavy atom. The van der Waals surface area contributed by atoms with Crippen LogP contribution in [0.2, 0.25) is 0 Å². The van der Waals surface area contributed by atoms with E-state index in [-0.39, 0.29) is 0 Å². The Labute approximate surface area is 77.4 Å². The average molecular weight is 175 g/mol. The second-order valence-electron chi connectivity index (χ2n) is 3.08. The molecule has 0 atom stereocenters. The number of aryl methyl sites for hydroxylation is 2. The minimum Gasteiger partial charge on any atom is -0.348 e. The highest BCUT2D eigenvalue weighted by atomic mass is 15.1. The van der Waals surface area contributed by atoms with Crippen LogP contribution in [0.4, 0.5) is 0 Å². The smallest absolute Gasteiger partial charge is 0.115 e. The van der Waals surface area contributed by atoms with Crippen molar-refractivity contribution >= 4 is 0 Å². The molecule has 3 nitrogen and oxygen atoms in total. The van der Waals surface area contributed by atoms with E-state index in [1.165, 1.54) is 0 Å². The van der Waals surface area contributed by atoms with E-state index in [2.05, 4.69) is 21.5 Å². The third-order valence-corrected chi connectivity index (χ3v) is 2.06. The molecule has 0 aliphatic carbocycles. The second-order valence-corrected chi connectivity index (χ2v) is 3.08. The molecule has 0 fully saturated rings. The molecule has 0 amide bonds. The van der Waals surface area contributed by atoms with Crippen molar-refractivity contribution in [1.29, 1.82) is 0 Å². The summed E-state index contributed by atoms with van der Waals surface area (Å²) in [7, 11) is 0. The van der Waals surface area contributed by atoms with Gasteiger partial charge in [0.1, 0.15) is 11.6 Å². The van der Waals surface area contributed by atoms with Gasteiger partial charge in [-0.1, -0.05) is 6.92 Å². The lowest BCUT2D eigenvalue weighted by atomic mass is 10.4. The van der Waals surface area contributed by atoms with Crippen LogP contribution < -0.4 is 0 Å². The molecule has 1 N–H and O–H groups in total. The SMILES string of the molecule is CCc1nc(C)cn1-c1ccc[nH]1. The summed E-state index contributed by atoms with van der Waals surface area (Å²) in [4.78, 5) is 7.59. The zero-order chi connectivity index (χ0) is 9.26. The van der Waals surface area contributed by atoms with Crippen molar-refractivity contribution in [3.63, 3.8) is 0 Å². The number of hydrogen-bond donors (Lipinski definition) is 1. The van der Waals surface area contributed by atoms with E-state index in [0.717, 1.165) is 23.8 Å². The fourth-order valence-corrected chi connectivity index (χ4v) is 1.48. The van der Waals surface area contributed by atoms with Crippen LogP contribution >= 0.6 is 0 Å². The van der Waals surface area contributed by atoms with Gasteiger partial charge in [-0.3, -0.25) is 4.57 Å². The summed E-state index contributed by atoms with van der Waals surface area (Å²) in [6.45, 7) is 4.12. The first kappa shape index (κ1) is 8.10. The predicted molar refractivity (Wildman–Crippen MR) is 52.0 cm³/mol. The number of H-pyrrole nitrogens is 1. The number of imidazole rings is 1. The minimum absolute atomic E-state index is 0.951. The third-order valence-electron chi connectivity index (χ3n) is 2.06. The van der Waals surface area contributed by atoms with Gasteiger partial charge in [0.15, 0.2) is 0 Å². The molecule has 0 unspecified atom stereocenters. The highest BCUT2D eigenvalue weighted by Crippen LogP contribution is 2.10. The molecule has 2 heterocycles. The van der Waals surface area contributed by atoms with Gasteiger partial charge in [0.25, 0.3) is 0 Å². The molecule has 2 aromatic rings. The van der Waals surface area contributed by atoms with Gasteiger partial charge in [0.05, 0.1) is 5.69 Å². The molecule has 0 aromatic carbocycles. The molecule has 2 rings (SSSR count). The van der Waals surface area contributed by atoms with Crippen LogP contribution in [-0.2, 0) is 6.42 Å². The molecule has 0 saturated heterocycles. The van der Waals surface area contributed by atoms with Crippen molar-refractivity contribution < 1.29 is 0 Å². The van der Waals surface area contributed by atoms with Crippen molar-refractivity contribution in [1.82, 2.24) is 14.5 Å². The van der Waals surface area contributed by atoms with Gasteiger partial charge >= 0.3 is 0 Å². The van der Waals surface area contributed by atoms with Gasteiger partial charge in [-0.15, -0.1) is 0 Å². The van der Waals surface area contributed by atoms with Gasteiger partial charge < -0.3 is 4.98 Å². The molecular weight excluding hydrogens is 162 g/mol. The zero-order valence-electron chi connectivity index (χ0n) is 7.91. The third kappa shape index (κ3) is 1.37. The highest BCUT2D eigenvalue weighted by Gasteiger charge is 2.04. The van der Waals surface area contributed by atoms with E-state index in [1.54, 1.807) is 0 Å². The Morgan fingerprint density at radius 2 is 2.38 bits per heavy atom. The molecule has 0 spiro atoms. The van der Waals surface area contributed by atoms with E-state index in [0.29, 0.717) is 0 Å². The lowest BCUT2D eigenvalue weighted by Gasteiger charge is -2.01. The van der Waals surface area contributed by atoms with Crippen LogP contribution in [0.1, 0.15) is 18.4 Å². The molecule has 2 aromatic heterocycles. The van der Waals surface area contributed by atoms with E-state index < -0.39 is 0 Å². The van der Waals surface area contributed by atoms with Crippen LogP contribution in [0.25, 0.3) is 5.82 Å². The van der Waals surface area contributed by atoms with Crippen LogP contribution in [0.5, 0.6) is 0 Å². The van der Waals surface area contributed by atoms with Crippen LogP contribution in [0.15, 0.2) is 24.5 Å². The largest absolute Gasteiger partial charge is 0.348 e. The Hall–Kier alpha value is -1.51. The molecule has 0 radical (unpaired) electrons. The van der Waals surface area contributed by atoms with Crippen LogP contribution in [0, 0.1) is 6.92 Å². The molecule has 0 aliphatic rings. The second kappa shape index (κ2) is 3.09. The fraction of sp³-hybridized carbons (Fsp3) is 0.300. The van der Waals surface area contributed by atoms with Crippen LogP contribution in [-0.4, -0.2) is 14.5 Å². The van der Waals surface area contributed by atoms with E-state index in [9.17, 15) is 0 Å². The van der Waals surface area contributed by atoms with Crippen molar-refractivity contribution in [2.75, 3.05) is 0 Å². The Balaban J connectivity index is 2.50. The normalized spacial score (nSPS) is 10.6. The highest BCUT2D eigenvalue weighted by molar-refractivity contribution is 5.26. The number of aromatic nitrogens is 3. The zero-order valence-corrected chi connectivity index (χ0v) is 7.91. The maximum Gasteiger partial charge on any atom is 0.115 e. The molecule has 13 heavy (non-hydrogen) atoms.